The summed E-state index contributed by atoms with van der Waals surface area (Å²) < 4.78 is 6.46. The molecule has 0 bridgehead atoms. The Morgan fingerprint density at radius 2 is 1.48 bits per heavy atom. The summed E-state index contributed by atoms with van der Waals surface area (Å²) in [6.07, 6.45) is 9.62. The highest BCUT2D eigenvalue weighted by Gasteiger charge is 2.22. The number of hydrogen-bond acceptors (Lipinski definition) is 8. The van der Waals surface area contributed by atoms with Crippen molar-refractivity contribution in [2.45, 2.75) is 72.5 Å². The summed E-state index contributed by atoms with van der Waals surface area (Å²) in [6.45, 7) is 23.0. The van der Waals surface area contributed by atoms with Crippen molar-refractivity contribution in [2.75, 3.05) is 37.8 Å². The third-order valence-corrected chi connectivity index (χ3v) is 10.2. The van der Waals surface area contributed by atoms with Crippen molar-refractivity contribution in [1.82, 2.24) is 33.8 Å². The van der Waals surface area contributed by atoms with Crippen molar-refractivity contribution in [3.63, 3.8) is 0 Å². The van der Waals surface area contributed by atoms with Crippen LogP contribution in [0.3, 0.4) is 0 Å². The molecular weight excluding hydrogens is 647 g/mol. The van der Waals surface area contributed by atoms with Crippen molar-refractivity contribution < 1.29 is 0 Å². The number of imidazole rings is 2. The van der Waals surface area contributed by atoms with Crippen LogP contribution in [0.1, 0.15) is 66.8 Å². The lowest BCUT2D eigenvalue weighted by atomic mass is 9.96. The van der Waals surface area contributed by atoms with Gasteiger partial charge in [0.2, 0.25) is 11.9 Å². The van der Waals surface area contributed by atoms with E-state index in [0.717, 1.165) is 102 Å². The third-order valence-electron chi connectivity index (χ3n) is 10.2. The average molecular weight is 702 g/mol. The van der Waals surface area contributed by atoms with Gasteiger partial charge in [0.15, 0.2) is 0 Å². The molecule has 1 unspecified atom stereocenters. The van der Waals surface area contributed by atoms with Crippen LogP contribution >= 0.6 is 0 Å². The first-order chi connectivity index (χ1) is 25.0. The van der Waals surface area contributed by atoms with Gasteiger partial charge in [-0.3, -0.25) is 4.68 Å². The normalized spacial score (nSPS) is 15.0. The summed E-state index contributed by atoms with van der Waals surface area (Å²) in [5.74, 6) is 2.22. The molecule has 1 saturated heterocycles. The first kappa shape index (κ1) is 36.5. The number of likely N-dealkylation sites (tertiary alicyclic amines) is 1. The molecule has 1 aliphatic rings. The molecule has 5 aromatic rings. The maximum atomic E-state index is 6.22. The zero-order chi connectivity index (χ0) is 37.1. The van der Waals surface area contributed by atoms with E-state index in [9.17, 15) is 0 Å². The van der Waals surface area contributed by atoms with E-state index in [1.807, 2.05) is 30.8 Å². The lowest BCUT2D eigenvalue weighted by molar-refractivity contribution is 0.388. The molecule has 0 spiro atoms. The Labute approximate surface area is 307 Å². The SMILES string of the molecule is C=C(N)c1cc(CCC2CCN(C)C2)c2c(c1)nc(NC)n2C/C=C/Cn1c(NC(=C)c2cc(C)nn2CC)nc2cc(C(=C)N)cc(CCC)c21. The Hall–Kier alpha value is -5.29. The molecule has 0 radical (unpaired) electrons. The van der Waals surface area contributed by atoms with Gasteiger partial charge in [0.05, 0.1) is 39.2 Å². The fourth-order valence-corrected chi connectivity index (χ4v) is 7.58. The van der Waals surface area contributed by atoms with Crippen LogP contribution in [-0.2, 0) is 32.5 Å². The summed E-state index contributed by atoms with van der Waals surface area (Å²) in [4.78, 5) is 12.5. The minimum atomic E-state index is 0.528. The van der Waals surface area contributed by atoms with Crippen LogP contribution in [0, 0.1) is 12.8 Å². The Morgan fingerprint density at radius 3 is 2.02 bits per heavy atom. The molecule has 3 aromatic heterocycles. The average Bonchev–Trinajstić information content (AvgIpc) is 3.89. The van der Waals surface area contributed by atoms with Crippen LogP contribution in [0.15, 0.2) is 62.2 Å². The molecule has 274 valence electrons. The topological polar surface area (TPSA) is 133 Å². The van der Waals surface area contributed by atoms with Gasteiger partial charge in [0.25, 0.3) is 0 Å². The molecule has 11 heteroatoms. The first-order valence-corrected chi connectivity index (χ1v) is 18.5. The predicted octanol–water partition coefficient (Wildman–Crippen LogP) is 6.99. The lowest BCUT2D eigenvalue weighted by Crippen LogP contribution is -2.14. The van der Waals surface area contributed by atoms with Gasteiger partial charge < -0.3 is 36.1 Å². The number of nitrogens with zero attached hydrogens (tertiary/aromatic N) is 7. The third kappa shape index (κ3) is 7.50. The van der Waals surface area contributed by atoms with Gasteiger partial charge in [-0.25, -0.2) is 9.97 Å². The Kier molecular flexibility index (Phi) is 10.9. The highest BCUT2D eigenvalue weighted by atomic mass is 15.3. The van der Waals surface area contributed by atoms with E-state index in [1.165, 1.54) is 17.5 Å². The van der Waals surface area contributed by atoms with E-state index in [-0.39, 0.29) is 0 Å². The standard InChI is InChI=1S/C41H55N11/c1-9-13-31-21-33(27(4)42)24-36-38(31)51(41(47-36)45-29(6)37-20-26(3)48-52(37)10-2)18-12-11-17-50-39-32(15-14-30-16-19-49(8)25-30)22-34(28(5)43)23-35(39)46-40(50)44-7/h11-12,20-24,30H,4-6,9-10,13-19,25,42-43H2,1-3,7-8H3,(H,44,46)(H,45,47)/b12-11+. The molecule has 0 saturated carbocycles. The highest BCUT2D eigenvalue weighted by Crippen LogP contribution is 2.32. The number of nitrogens with one attached hydrogen (secondary N) is 2. The van der Waals surface area contributed by atoms with Crippen molar-refractivity contribution in [2.24, 2.45) is 17.4 Å². The fraction of sp³-hybridized carbons (Fsp3) is 0.390. The number of anilines is 2. The van der Waals surface area contributed by atoms with E-state index in [2.05, 4.69) is 101 Å². The predicted molar refractivity (Wildman–Crippen MR) is 218 cm³/mol. The fourth-order valence-electron chi connectivity index (χ4n) is 7.58. The quantitative estimate of drug-likeness (QED) is 0.0810. The second kappa shape index (κ2) is 15.5. The summed E-state index contributed by atoms with van der Waals surface area (Å²) in [5, 5.41) is 11.5. The van der Waals surface area contributed by atoms with Crippen LogP contribution < -0.4 is 22.1 Å². The number of allylic oxidation sites excluding steroid dienone is 2. The minimum Gasteiger partial charge on any atom is -0.399 e. The molecule has 6 rings (SSSR count). The number of benzene rings is 2. The number of aryl methyl sites for hydroxylation is 4. The summed E-state index contributed by atoms with van der Waals surface area (Å²) >= 11 is 0. The van der Waals surface area contributed by atoms with Gasteiger partial charge in [-0.1, -0.05) is 45.2 Å². The molecule has 4 heterocycles. The van der Waals surface area contributed by atoms with Crippen LogP contribution in [0.2, 0.25) is 0 Å². The number of rotatable bonds is 16. The van der Waals surface area contributed by atoms with Gasteiger partial charge in [-0.05, 0) is 112 Å². The van der Waals surface area contributed by atoms with Gasteiger partial charge in [-0.2, -0.15) is 5.10 Å². The Balaban J connectivity index is 1.35. The molecule has 0 amide bonds. The molecule has 52 heavy (non-hydrogen) atoms. The largest absolute Gasteiger partial charge is 0.399 e. The van der Waals surface area contributed by atoms with Crippen molar-refractivity contribution in [3.8, 4) is 0 Å². The number of fused-ring (bicyclic) bond motifs is 2. The summed E-state index contributed by atoms with van der Waals surface area (Å²) in [7, 11) is 4.13. The zero-order valence-electron chi connectivity index (χ0n) is 31.6. The van der Waals surface area contributed by atoms with Crippen molar-refractivity contribution in [1.29, 1.82) is 0 Å². The maximum Gasteiger partial charge on any atom is 0.208 e. The maximum absolute atomic E-state index is 6.22. The lowest BCUT2D eigenvalue weighted by Gasteiger charge is -2.15. The molecular formula is C41H55N11. The monoisotopic (exact) mass is 701 g/mol. The molecule has 0 aliphatic carbocycles. The number of aromatic nitrogens is 6. The zero-order valence-corrected chi connectivity index (χ0v) is 31.6. The smallest absolute Gasteiger partial charge is 0.208 e. The Bertz CT molecular complexity index is 2160. The number of hydrogen-bond donors (Lipinski definition) is 4. The highest BCUT2D eigenvalue weighted by molar-refractivity contribution is 5.88. The van der Waals surface area contributed by atoms with Crippen LogP contribution in [-0.4, -0.2) is 61.0 Å². The van der Waals surface area contributed by atoms with Crippen LogP contribution in [0.5, 0.6) is 0 Å². The van der Waals surface area contributed by atoms with E-state index in [4.69, 9.17) is 21.4 Å². The summed E-state index contributed by atoms with van der Waals surface area (Å²) in [5.41, 5.74) is 24.4. The van der Waals surface area contributed by atoms with Crippen LogP contribution in [0.4, 0.5) is 11.9 Å². The van der Waals surface area contributed by atoms with E-state index in [1.54, 1.807) is 0 Å². The van der Waals surface area contributed by atoms with E-state index >= 15 is 0 Å². The Morgan fingerprint density at radius 1 is 0.885 bits per heavy atom. The van der Waals surface area contributed by atoms with Gasteiger partial charge in [-0.15, -0.1) is 0 Å². The molecule has 2 aromatic carbocycles. The van der Waals surface area contributed by atoms with Crippen molar-refractivity contribution in [3.05, 3.63) is 95.9 Å². The molecule has 1 atom stereocenters. The van der Waals surface area contributed by atoms with E-state index < -0.39 is 0 Å². The molecule has 1 aliphatic heterocycles. The van der Waals surface area contributed by atoms with Gasteiger partial charge in [0, 0.05) is 44.6 Å². The van der Waals surface area contributed by atoms with E-state index in [0.29, 0.717) is 36.3 Å². The summed E-state index contributed by atoms with van der Waals surface area (Å²) in [6, 6.07) is 10.5. The second-order valence-electron chi connectivity index (χ2n) is 14.2. The van der Waals surface area contributed by atoms with Crippen LogP contribution in [0.25, 0.3) is 39.2 Å². The minimum absolute atomic E-state index is 0.528. The molecule has 11 nitrogen and oxygen atoms in total. The second-order valence-corrected chi connectivity index (χ2v) is 14.2. The molecule has 1 fully saturated rings. The van der Waals surface area contributed by atoms with Crippen molar-refractivity contribution >= 4 is 51.1 Å². The van der Waals surface area contributed by atoms with Gasteiger partial charge >= 0.3 is 0 Å². The molecule has 6 N–H and O–H groups in total. The first-order valence-electron chi connectivity index (χ1n) is 18.5. The van der Waals surface area contributed by atoms with Gasteiger partial charge in [0.1, 0.15) is 0 Å². The number of nitrogens with two attached hydrogens (primary N) is 2.